The van der Waals surface area contributed by atoms with E-state index in [-0.39, 0.29) is 11.9 Å². The van der Waals surface area contributed by atoms with Crippen molar-refractivity contribution < 1.29 is 14.6 Å². The maximum absolute atomic E-state index is 11.1. The smallest absolute Gasteiger partial charge is 0.374 e. The van der Waals surface area contributed by atoms with Gasteiger partial charge in [0.25, 0.3) is 0 Å². The first kappa shape index (κ1) is 11.8. The summed E-state index contributed by atoms with van der Waals surface area (Å²) in [6.45, 7) is 6.52. The molecular formula is C10H16N4O3. The highest BCUT2D eigenvalue weighted by atomic mass is 16.5. The fourth-order valence-electron chi connectivity index (χ4n) is 1.88. The molecule has 17 heavy (non-hydrogen) atoms. The Kier molecular flexibility index (Phi) is 3.28. The fourth-order valence-corrected chi connectivity index (χ4v) is 1.88. The lowest BCUT2D eigenvalue weighted by molar-refractivity contribution is 0.0676. The van der Waals surface area contributed by atoms with Gasteiger partial charge in [-0.25, -0.2) is 4.79 Å². The van der Waals surface area contributed by atoms with Gasteiger partial charge >= 0.3 is 5.97 Å². The van der Waals surface area contributed by atoms with Crippen LogP contribution in [0.2, 0.25) is 0 Å². The molecule has 1 N–H and O–H groups in total. The highest BCUT2D eigenvalue weighted by Gasteiger charge is 2.24. The number of ether oxygens (including phenoxy) is 1. The zero-order chi connectivity index (χ0) is 12.4. The summed E-state index contributed by atoms with van der Waals surface area (Å²) < 4.78 is 6.91. The molecule has 0 unspecified atom stereocenters. The maximum Gasteiger partial charge on any atom is 0.374 e. The molecule has 0 saturated carbocycles. The first-order chi connectivity index (χ1) is 8.11. The number of anilines is 1. The number of aromatic nitrogens is 3. The molecule has 1 fully saturated rings. The molecule has 0 aliphatic carbocycles. The van der Waals surface area contributed by atoms with Crippen molar-refractivity contribution in [1.82, 2.24) is 14.8 Å². The van der Waals surface area contributed by atoms with Gasteiger partial charge in [0.1, 0.15) is 0 Å². The monoisotopic (exact) mass is 240 g/mol. The van der Waals surface area contributed by atoms with Gasteiger partial charge < -0.3 is 14.7 Å². The number of hydrogen-bond donors (Lipinski definition) is 1. The molecule has 7 heteroatoms. The largest absolute Gasteiger partial charge is 0.475 e. The van der Waals surface area contributed by atoms with E-state index in [4.69, 9.17) is 9.84 Å². The van der Waals surface area contributed by atoms with Gasteiger partial charge in [0.2, 0.25) is 11.8 Å². The number of nitrogens with zero attached hydrogens (tertiary/aromatic N) is 4. The van der Waals surface area contributed by atoms with Crippen molar-refractivity contribution in [1.29, 1.82) is 0 Å². The normalized spacial score (nSPS) is 16.5. The Hall–Kier alpha value is -1.63. The molecule has 94 valence electrons. The number of hydrogen-bond acceptors (Lipinski definition) is 5. The summed E-state index contributed by atoms with van der Waals surface area (Å²) in [5, 5.41) is 16.8. The third-order valence-electron chi connectivity index (χ3n) is 2.68. The van der Waals surface area contributed by atoms with E-state index in [2.05, 4.69) is 10.2 Å². The zero-order valence-electron chi connectivity index (χ0n) is 9.96. The fraction of sp³-hybridized carbons (Fsp3) is 0.700. The summed E-state index contributed by atoms with van der Waals surface area (Å²) in [6, 6.07) is 0.00828. The molecule has 1 aromatic heterocycles. The lowest BCUT2D eigenvalue weighted by Gasteiger charge is -2.28. The predicted octanol–water partition coefficient (Wildman–Crippen LogP) is 0.394. The minimum Gasteiger partial charge on any atom is -0.475 e. The van der Waals surface area contributed by atoms with Crippen molar-refractivity contribution in [3.63, 3.8) is 0 Å². The minimum absolute atomic E-state index is 0.00828. The second-order valence-electron chi connectivity index (χ2n) is 4.19. The SMILES string of the molecule is CC(C)n1c(C(=O)O)nnc1N1CCOCC1. The van der Waals surface area contributed by atoms with Crippen molar-refractivity contribution in [3.8, 4) is 0 Å². The van der Waals surface area contributed by atoms with Gasteiger partial charge in [0.05, 0.1) is 13.2 Å². The summed E-state index contributed by atoms with van der Waals surface area (Å²) in [4.78, 5) is 13.1. The molecular weight excluding hydrogens is 224 g/mol. The maximum atomic E-state index is 11.1. The zero-order valence-corrected chi connectivity index (χ0v) is 9.96. The molecule has 7 nitrogen and oxygen atoms in total. The molecule has 1 saturated heterocycles. The van der Waals surface area contributed by atoms with E-state index in [1.54, 1.807) is 4.57 Å². The van der Waals surface area contributed by atoms with Crippen LogP contribution in [0.25, 0.3) is 0 Å². The molecule has 1 aliphatic rings. The Labute approximate surface area is 99.0 Å². The summed E-state index contributed by atoms with van der Waals surface area (Å²) >= 11 is 0. The summed E-state index contributed by atoms with van der Waals surface area (Å²) in [5.41, 5.74) is 0. The summed E-state index contributed by atoms with van der Waals surface area (Å²) in [6.07, 6.45) is 0. The Morgan fingerprint density at radius 3 is 2.53 bits per heavy atom. The van der Waals surface area contributed by atoms with Crippen LogP contribution in [-0.4, -0.2) is 52.1 Å². The molecule has 0 spiro atoms. The van der Waals surface area contributed by atoms with Crippen LogP contribution >= 0.6 is 0 Å². The van der Waals surface area contributed by atoms with Gasteiger partial charge in [-0.3, -0.25) is 4.57 Å². The van der Waals surface area contributed by atoms with Gasteiger partial charge in [-0.2, -0.15) is 0 Å². The summed E-state index contributed by atoms with van der Waals surface area (Å²) in [5.74, 6) is -0.451. The van der Waals surface area contributed by atoms with Crippen LogP contribution in [0.3, 0.4) is 0 Å². The van der Waals surface area contributed by atoms with Gasteiger partial charge in [-0.05, 0) is 13.8 Å². The second-order valence-corrected chi connectivity index (χ2v) is 4.19. The van der Waals surface area contributed by atoms with E-state index in [9.17, 15) is 4.79 Å². The van der Waals surface area contributed by atoms with Crippen LogP contribution in [-0.2, 0) is 4.74 Å². The van der Waals surface area contributed by atoms with E-state index in [1.807, 2.05) is 18.7 Å². The summed E-state index contributed by atoms with van der Waals surface area (Å²) in [7, 11) is 0. The lowest BCUT2D eigenvalue weighted by atomic mass is 10.3. The molecule has 0 radical (unpaired) electrons. The number of aromatic carboxylic acids is 1. The van der Waals surface area contributed by atoms with E-state index in [0.29, 0.717) is 32.3 Å². The van der Waals surface area contributed by atoms with E-state index >= 15 is 0 Å². The van der Waals surface area contributed by atoms with Gasteiger partial charge in [0, 0.05) is 19.1 Å². The number of rotatable bonds is 3. The highest BCUT2D eigenvalue weighted by molar-refractivity contribution is 5.84. The Bertz CT molecular complexity index is 410. The first-order valence-electron chi connectivity index (χ1n) is 5.62. The minimum atomic E-state index is -1.05. The van der Waals surface area contributed by atoms with Crippen LogP contribution in [0.15, 0.2) is 0 Å². The quantitative estimate of drug-likeness (QED) is 0.823. The van der Waals surface area contributed by atoms with E-state index in [1.165, 1.54) is 0 Å². The lowest BCUT2D eigenvalue weighted by Crippen LogP contribution is -2.38. The van der Waals surface area contributed by atoms with Crippen molar-refractivity contribution in [2.75, 3.05) is 31.2 Å². The predicted molar refractivity (Wildman–Crippen MR) is 60.4 cm³/mol. The third-order valence-corrected chi connectivity index (χ3v) is 2.68. The van der Waals surface area contributed by atoms with Crippen LogP contribution in [0, 0.1) is 0 Å². The molecule has 1 aromatic rings. The molecule has 0 aromatic carbocycles. The van der Waals surface area contributed by atoms with Crippen LogP contribution < -0.4 is 4.90 Å². The Balaban J connectivity index is 2.35. The van der Waals surface area contributed by atoms with Gasteiger partial charge in [0.15, 0.2) is 0 Å². The topological polar surface area (TPSA) is 80.5 Å². The number of carboxylic acid groups (broad SMARTS) is 1. The van der Waals surface area contributed by atoms with Crippen molar-refractivity contribution in [2.24, 2.45) is 0 Å². The molecule has 2 heterocycles. The van der Waals surface area contributed by atoms with E-state index < -0.39 is 5.97 Å². The average Bonchev–Trinajstić information content (AvgIpc) is 2.74. The first-order valence-corrected chi connectivity index (χ1v) is 5.62. The van der Waals surface area contributed by atoms with Gasteiger partial charge in [-0.15, -0.1) is 10.2 Å². The third kappa shape index (κ3) is 2.23. The average molecular weight is 240 g/mol. The molecule has 0 bridgehead atoms. The molecule has 0 amide bonds. The molecule has 2 rings (SSSR count). The van der Waals surface area contributed by atoms with Crippen LogP contribution in [0.1, 0.15) is 30.5 Å². The molecule has 0 atom stereocenters. The highest BCUT2D eigenvalue weighted by Crippen LogP contribution is 2.20. The van der Waals surface area contributed by atoms with Crippen molar-refractivity contribution in [3.05, 3.63) is 5.82 Å². The Morgan fingerprint density at radius 1 is 1.35 bits per heavy atom. The van der Waals surface area contributed by atoms with Gasteiger partial charge in [-0.1, -0.05) is 0 Å². The van der Waals surface area contributed by atoms with Crippen molar-refractivity contribution >= 4 is 11.9 Å². The standard InChI is InChI=1S/C10H16N4O3/c1-7(2)14-8(9(15)16)11-12-10(14)13-3-5-17-6-4-13/h7H,3-6H2,1-2H3,(H,15,16). The number of carbonyl (C=O) groups is 1. The number of morpholine rings is 1. The molecule has 1 aliphatic heterocycles. The van der Waals surface area contributed by atoms with Crippen LogP contribution in [0.5, 0.6) is 0 Å². The second kappa shape index (κ2) is 4.70. The van der Waals surface area contributed by atoms with E-state index in [0.717, 1.165) is 0 Å². The van der Waals surface area contributed by atoms with Crippen LogP contribution in [0.4, 0.5) is 5.95 Å². The number of carboxylic acids is 1. The Morgan fingerprint density at radius 2 is 2.00 bits per heavy atom. The van der Waals surface area contributed by atoms with Crippen molar-refractivity contribution in [2.45, 2.75) is 19.9 Å².